The predicted octanol–water partition coefficient (Wildman–Crippen LogP) is 3.01. The zero-order valence-corrected chi connectivity index (χ0v) is 10.9. The van der Waals surface area contributed by atoms with Crippen LogP contribution >= 0.6 is 11.3 Å². The monoisotopic (exact) mass is 258 g/mol. The Balaban J connectivity index is 2.25. The standard InChI is InChI=1S/C14H14N2OS/c1-10-4-5-11(8-15)7-12(10)17-13(9-16)14-3-2-6-18-14/h2-7,13H,9,16H2,1H3. The Kier molecular flexibility index (Phi) is 3.98. The van der Waals surface area contributed by atoms with Crippen LogP contribution in [0.4, 0.5) is 0 Å². The number of aryl methyl sites for hydroxylation is 1. The molecule has 0 saturated carbocycles. The SMILES string of the molecule is Cc1ccc(C#N)cc1OC(CN)c1cccs1. The average molecular weight is 258 g/mol. The molecular weight excluding hydrogens is 244 g/mol. The first-order chi connectivity index (χ1) is 8.74. The maximum atomic E-state index is 8.90. The number of ether oxygens (including phenoxy) is 1. The first kappa shape index (κ1) is 12.6. The maximum absolute atomic E-state index is 8.90. The van der Waals surface area contributed by atoms with Crippen LogP contribution in [-0.2, 0) is 0 Å². The Hall–Kier alpha value is -1.83. The largest absolute Gasteiger partial charge is 0.483 e. The number of nitrogens with two attached hydrogens (primary N) is 1. The highest BCUT2D eigenvalue weighted by Gasteiger charge is 2.14. The first-order valence-electron chi connectivity index (χ1n) is 5.65. The fourth-order valence-electron chi connectivity index (χ4n) is 1.65. The summed E-state index contributed by atoms with van der Waals surface area (Å²) in [6.45, 7) is 2.37. The summed E-state index contributed by atoms with van der Waals surface area (Å²) in [5, 5.41) is 10.9. The van der Waals surface area contributed by atoms with Gasteiger partial charge in [-0.1, -0.05) is 12.1 Å². The van der Waals surface area contributed by atoms with E-state index in [0.29, 0.717) is 12.1 Å². The number of nitrogens with zero attached hydrogens (tertiary/aromatic N) is 1. The van der Waals surface area contributed by atoms with Crippen molar-refractivity contribution in [3.05, 3.63) is 51.7 Å². The van der Waals surface area contributed by atoms with Gasteiger partial charge in [0.15, 0.2) is 0 Å². The van der Waals surface area contributed by atoms with Gasteiger partial charge in [0.05, 0.1) is 11.6 Å². The molecule has 0 bridgehead atoms. The lowest BCUT2D eigenvalue weighted by Gasteiger charge is -2.17. The minimum atomic E-state index is -0.155. The average Bonchev–Trinajstić information content (AvgIpc) is 2.91. The van der Waals surface area contributed by atoms with Gasteiger partial charge in [-0.25, -0.2) is 0 Å². The molecule has 2 N–H and O–H groups in total. The topological polar surface area (TPSA) is 59.0 Å². The molecular formula is C14H14N2OS. The zero-order chi connectivity index (χ0) is 13.0. The molecule has 0 aliphatic carbocycles. The van der Waals surface area contributed by atoms with E-state index in [-0.39, 0.29) is 6.10 Å². The van der Waals surface area contributed by atoms with E-state index >= 15 is 0 Å². The molecule has 0 aliphatic heterocycles. The summed E-state index contributed by atoms with van der Waals surface area (Å²) in [5.74, 6) is 0.720. The third kappa shape index (κ3) is 2.70. The lowest BCUT2D eigenvalue weighted by molar-refractivity contribution is 0.216. The molecule has 0 spiro atoms. The van der Waals surface area contributed by atoms with Crippen molar-refractivity contribution in [2.75, 3.05) is 6.54 Å². The van der Waals surface area contributed by atoms with Gasteiger partial charge in [0.1, 0.15) is 11.9 Å². The fraction of sp³-hybridized carbons (Fsp3) is 0.214. The Morgan fingerprint density at radius 1 is 1.44 bits per heavy atom. The van der Waals surface area contributed by atoms with Crippen molar-refractivity contribution in [3.8, 4) is 11.8 Å². The number of rotatable bonds is 4. The van der Waals surface area contributed by atoms with Crippen LogP contribution in [0.5, 0.6) is 5.75 Å². The molecule has 2 aromatic rings. The molecule has 3 nitrogen and oxygen atoms in total. The second kappa shape index (κ2) is 5.67. The minimum absolute atomic E-state index is 0.155. The van der Waals surface area contributed by atoms with E-state index in [1.54, 1.807) is 23.5 Å². The number of thiophene rings is 1. The van der Waals surface area contributed by atoms with E-state index in [2.05, 4.69) is 6.07 Å². The van der Waals surface area contributed by atoms with Crippen LogP contribution in [0.25, 0.3) is 0 Å². The molecule has 0 fully saturated rings. The predicted molar refractivity (Wildman–Crippen MR) is 72.6 cm³/mol. The number of hydrogen-bond donors (Lipinski definition) is 1. The summed E-state index contributed by atoms with van der Waals surface area (Å²) < 4.78 is 5.92. The summed E-state index contributed by atoms with van der Waals surface area (Å²) in [6, 6.07) is 11.5. The fourth-order valence-corrected chi connectivity index (χ4v) is 2.41. The van der Waals surface area contributed by atoms with Crippen molar-refractivity contribution in [3.63, 3.8) is 0 Å². The molecule has 2 rings (SSSR count). The van der Waals surface area contributed by atoms with Gasteiger partial charge in [0.25, 0.3) is 0 Å². The molecule has 92 valence electrons. The van der Waals surface area contributed by atoms with Gasteiger partial charge in [-0.2, -0.15) is 5.26 Å². The molecule has 0 radical (unpaired) electrons. The highest BCUT2D eigenvalue weighted by molar-refractivity contribution is 7.10. The molecule has 4 heteroatoms. The van der Waals surface area contributed by atoms with Gasteiger partial charge >= 0.3 is 0 Å². The third-order valence-electron chi connectivity index (χ3n) is 2.66. The summed E-state index contributed by atoms with van der Waals surface area (Å²) in [7, 11) is 0. The van der Waals surface area contributed by atoms with E-state index in [9.17, 15) is 0 Å². The number of nitriles is 1. The van der Waals surface area contributed by atoms with Gasteiger partial charge in [-0.15, -0.1) is 11.3 Å². The van der Waals surface area contributed by atoms with E-state index < -0.39 is 0 Å². The van der Waals surface area contributed by atoms with E-state index in [0.717, 1.165) is 16.2 Å². The lowest BCUT2D eigenvalue weighted by atomic mass is 10.1. The van der Waals surface area contributed by atoms with Crippen molar-refractivity contribution in [1.29, 1.82) is 5.26 Å². The van der Waals surface area contributed by atoms with Crippen molar-refractivity contribution in [2.24, 2.45) is 5.73 Å². The summed E-state index contributed by atoms with van der Waals surface area (Å²) in [5.41, 5.74) is 7.35. The van der Waals surface area contributed by atoms with Crippen molar-refractivity contribution < 1.29 is 4.74 Å². The molecule has 1 atom stereocenters. The Bertz CT molecular complexity index is 558. The lowest BCUT2D eigenvalue weighted by Crippen LogP contribution is -2.17. The first-order valence-corrected chi connectivity index (χ1v) is 6.53. The molecule has 1 heterocycles. The van der Waals surface area contributed by atoms with Crippen LogP contribution < -0.4 is 10.5 Å². The number of benzene rings is 1. The van der Waals surface area contributed by atoms with Gasteiger partial charge in [0.2, 0.25) is 0 Å². The van der Waals surface area contributed by atoms with Crippen LogP contribution in [-0.4, -0.2) is 6.54 Å². The van der Waals surface area contributed by atoms with Crippen LogP contribution in [0.3, 0.4) is 0 Å². The van der Waals surface area contributed by atoms with Crippen LogP contribution in [0.15, 0.2) is 35.7 Å². The van der Waals surface area contributed by atoms with Crippen LogP contribution in [0.1, 0.15) is 22.1 Å². The van der Waals surface area contributed by atoms with E-state index in [4.69, 9.17) is 15.7 Å². The van der Waals surface area contributed by atoms with Gasteiger partial charge in [-0.05, 0) is 36.1 Å². The normalized spacial score (nSPS) is 11.8. The third-order valence-corrected chi connectivity index (χ3v) is 3.63. The Morgan fingerprint density at radius 3 is 2.89 bits per heavy atom. The summed E-state index contributed by atoms with van der Waals surface area (Å²) >= 11 is 1.62. The van der Waals surface area contributed by atoms with Crippen molar-refractivity contribution in [2.45, 2.75) is 13.0 Å². The maximum Gasteiger partial charge on any atom is 0.145 e. The molecule has 1 aromatic heterocycles. The van der Waals surface area contributed by atoms with Gasteiger partial charge in [-0.3, -0.25) is 0 Å². The second-order valence-corrected chi connectivity index (χ2v) is 4.93. The van der Waals surface area contributed by atoms with Crippen LogP contribution in [0, 0.1) is 18.3 Å². The summed E-state index contributed by atoms with van der Waals surface area (Å²) in [4.78, 5) is 1.10. The van der Waals surface area contributed by atoms with Crippen molar-refractivity contribution >= 4 is 11.3 Å². The molecule has 18 heavy (non-hydrogen) atoms. The Morgan fingerprint density at radius 2 is 2.28 bits per heavy atom. The quantitative estimate of drug-likeness (QED) is 0.917. The molecule has 1 aromatic carbocycles. The Labute approximate surface area is 110 Å². The molecule has 0 amide bonds. The smallest absolute Gasteiger partial charge is 0.145 e. The van der Waals surface area contributed by atoms with Crippen LogP contribution in [0.2, 0.25) is 0 Å². The molecule has 1 unspecified atom stereocenters. The van der Waals surface area contributed by atoms with E-state index in [1.807, 2.05) is 30.5 Å². The highest BCUT2D eigenvalue weighted by atomic mass is 32.1. The zero-order valence-electron chi connectivity index (χ0n) is 10.1. The van der Waals surface area contributed by atoms with Gasteiger partial charge in [0, 0.05) is 11.4 Å². The second-order valence-electron chi connectivity index (χ2n) is 3.95. The minimum Gasteiger partial charge on any atom is -0.483 e. The number of hydrogen-bond acceptors (Lipinski definition) is 4. The van der Waals surface area contributed by atoms with E-state index in [1.165, 1.54) is 0 Å². The molecule has 0 aliphatic rings. The van der Waals surface area contributed by atoms with Crippen molar-refractivity contribution in [1.82, 2.24) is 0 Å². The van der Waals surface area contributed by atoms with Gasteiger partial charge < -0.3 is 10.5 Å². The molecule has 0 saturated heterocycles. The highest BCUT2D eigenvalue weighted by Crippen LogP contribution is 2.27. The summed E-state index contributed by atoms with van der Waals surface area (Å²) in [6.07, 6.45) is -0.155.